The molecule has 200 valence electrons. The molecule has 3 heterocycles. The molecule has 1 aliphatic rings. The second-order valence-corrected chi connectivity index (χ2v) is 9.69. The first kappa shape index (κ1) is 28.1. The van der Waals surface area contributed by atoms with Crippen LogP contribution in [-0.4, -0.2) is 53.2 Å². The molecule has 0 saturated carbocycles. The van der Waals surface area contributed by atoms with Crippen molar-refractivity contribution in [3.8, 4) is 0 Å². The number of carbonyl (C=O) groups is 1. The molecule has 0 radical (unpaired) electrons. The molecule has 1 aliphatic heterocycles. The van der Waals surface area contributed by atoms with Gasteiger partial charge in [-0.05, 0) is 40.2 Å². The summed E-state index contributed by atoms with van der Waals surface area (Å²) in [5.74, 6) is 0.759. The maximum atomic E-state index is 14.4. The van der Waals surface area contributed by atoms with Gasteiger partial charge in [-0.15, -0.1) is 0 Å². The van der Waals surface area contributed by atoms with Gasteiger partial charge in [-0.3, -0.25) is 4.79 Å². The van der Waals surface area contributed by atoms with Crippen molar-refractivity contribution in [1.82, 2.24) is 20.3 Å². The molecule has 4 rings (SSSR count). The molecule has 0 unspecified atom stereocenters. The smallest absolute Gasteiger partial charge is 0.266 e. The number of methoxy groups -OCH3 is 1. The SMILES string of the molecule is COC(C)(C)C.Cc1nc(NCc2cccc(C(F)F)c2F)c2cc(N3CC[C@@H](NC=O)C3)ncc2n1. The number of hydrogen-bond acceptors (Lipinski definition) is 7. The van der Waals surface area contributed by atoms with Gasteiger partial charge in [0.05, 0.1) is 22.9 Å². The highest BCUT2D eigenvalue weighted by Gasteiger charge is 2.23. The Balaban J connectivity index is 0.000000568. The molecule has 37 heavy (non-hydrogen) atoms. The fraction of sp³-hybridized carbons (Fsp3) is 0.462. The van der Waals surface area contributed by atoms with Crippen molar-refractivity contribution in [2.24, 2.45) is 0 Å². The van der Waals surface area contributed by atoms with E-state index >= 15 is 0 Å². The van der Waals surface area contributed by atoms with Gasteiger partial charge < -0.3 is 20.3 Å². The molecule has 0 bridgehead atoms. The summed E-state index contributed by atoms with van der Waals surface area (Å²) >= 11 is 0. The van der Waals surface area contributed by atoms with Gasteiger partial charge in [-0.1, -0.05) is 18.2 Å². The molecular weight excluding hydrogens is 485 g/mol. The molecule has 1 atom stereocenters. The Morgan fingerprint density at radius 1 is 1.27 bits per heavy atom. The normalized spacial score (nSPS) is 15.5. The number of rotatable bonds is 7. The number of amides is 1. The van der Waals surface area contributed by atoms with Crippen molar-refractivity contribution in [1.29, 1.82) is 0 Å². The number of carbonyl (C=O) groups excluding carboxylic acids is 1. The molecule has 1 aromatic carbocycles. The highest BCUT2D eigenvalue weighted by atomic mass is 19.3. The lowest BCUT2D eigenvalue weighted by Crippen LogP contribution is -2.31. The van der Waals surface area contributed by atoms with Gasteiger partial charge in [0, 0.05) is 43.7 Å². The maximum Gasteiger partial charge on any atom is 0.266 e. The van der Waals surface area contributed by atoms with Gasteiger partial charge >= 0.3 is 0 Å². The zero-order chi connectivity index (χ0) is 27.2. The van der Waals surface area contributed by atoms with E-state index in [4.69, 9.17) is 4.74 Å². The van der Waals surface area contributed by atoms with E-state index in [1.807, 2.05) is 26.8 Å². The van der Waals surface area contributed by atoms with Crippen LogP contribution in [0, 0.1) is 12.7 Å². The number of ether oxygens (including phenoxy) is 1. The van der Waals surface area contributed by atoms with Crippen LogP contribution in [-0.2, 0) is 16.1 Å². The predicted octanol–water partition coefficient (Wildman–Crippen LogP) is 4.78. The summed E-state index contributed by atoms with van der Waals surface area (Å²) in [6.45, 7) is 9.16. The second-order valence-electron chi connectivity index (χ2n) is 9.69. The Morgan fingerprint density at radius 3 is 2.65 bits per heavy atom. The lowest BCUT2D eigenvalue weighted by atomic mass is 10.1. The summed E-state index contributed by atoms with van der Waals surface area (Å²) in [6, 6.07) is 5.85. The van der Waals surface area contributed by atoms with Crippen molar-refractivity contribution in [3.05, 3.63) is 53.2 Å². The van der Waals surface area contributed by atoms with E-state index in [0.717, 1.165) is 19.0 Å². The number of hydrogen-bond donors (Lipinski definition) is 2. The fourth-order valence-electron chi connectivity index (χ4n) is 3.73. The lowest BCUT2D eigenvalue weighted by Gasteiger charge is -2.18. The van der Waals surface area contributed by atoms with Crippen molar-refractivity contribution in [3.63, 3.8) is 0 Å². The number of fused-ring (bicyclic) bond motifs is 1. The first-order valence-electron chi connectivity index (χ1n) is 12.0. The third-order valence-corrected chi connectivity index (χ3v) is 5.90. The third kappa shape index (κ3) is 7.51. The number of aryl methyl sites for hydroxylation is 1. The maximum absolute atomic E-state index is 14.4. The van der Waals surface area contributed by atoms with Crippen LogP contribution in [0.25, 0.3) is 10.9 Å². The first-order chi connectivity index (χ1) is 17.5. The summed E-state index contributed by atoms with van der Waals surface area (Å²) in [4.78, 5) is 26.0. The van der Waals surface area contributed by atoms with Gasteiger partial charge in [0.1, 0.15) is 23.3 Å². The topological polar surface area (TPSA) is 92.3 Å². The van der Waals surface area contributed by atoms with E-state index in [0.29, 0.717) is 41.3 Å². The number of anilines is 2. The number of halogens is 3. The van der Waals surface area contributed by atoms with Crippen LogP contribution in [0.4, 0.5) is 24.8 Å². The van der Waals surface area contributed by atoms with E-state index in [1.54, 1.807) is 20.2 Å². The number of nitrogens with one attached hydrogen (secondary N) is 2. The highest BCUT2D eigenvalue weighted by Crippen LogP contribution is 2.28. The predicted molar refractivity (Wildman–Crippen MR) is 137 cm³/mol. The number of aromatic nitrogens is 3. The molecular formula is C26H33F3N6O2. The number of pyridine rings is 1. The molecule has 0 aliphatic carbocycles. The van der Waals surface area contributed by atoms with Crippen LogP contribution in [0.15, 0.2) is 30.5 Å². The molecule has 1 fully saturated rings. The van der Waals surface area contributed by atoms with Gasteiger partial charge in [0.15, 0.2) is 0 Å². The van der Waals surface area contributed by atoms with Crippen LogP contribution in [0.5, 0.6) is 0 Å². The fourth-order valence-corrected chi connectivity index (χ4v) is 3.73. The summed E-state index contributed by atoms with van der Waals surface area (Å²) in [7, 11) is 1.71. The molecule has 8 nitrogen and oxygen atoms in total. The highest BCUT2D eigenvalue weighted by molar-refractivity contribution is 5.90. The third-order valence-electron chi connectivity index (χ3n) is 5.90. The number of alkyl halides is 2. The summed E-state index contributed by atoms with van der Waals surface area (Å²) in [5.41, 5.74) is 0.156. The van der Waals surface area contributed by atoms with Crippen LogP contribution in [0.2, 0.25) is 0 Å². The molecule has 1 amide bonds. The quantitative estimate of drug-likeness (QED) is 0.435. The van der Waals surface area contributed by atoms with E-state index in [-0.39, 0.29) is 23.8 Å². The van der Waals surface area contributed by atoms with Crippen LogP contribution in [0.1, 0.15) is 50.6 Å². The monoisotopic (exact) mass is 518 g/mol. The van der Waals surface area contributed by atoms with E-state index in [2.05, 4.69) is 30.5 Å². The van der Waals surface area contributed by atoms with E-state index < -0.39 is 17.8 Å². The van der Waals surface area contributed by atoms with Crippen molar-refractivity contribution >= 4 is 28.9 Å². The van der Waals surface area contributed by atoms with E-state index in [1.165, 1.54) is 12.1 Å². The Labute approximate surface area is 214 Å². The molecule has 11 heteroatoms. The number of benzene rings is 1. The molecule has 3 aromatic rings. The Morgan fingerprint density at radius 2 is 2.00 bits per heavy atom. The minimum atomic E-state index is -2.88. The number of nitrogens with zero attached hydrogens (tertiary/aromatic N) is 4. The summed E-state index contributed by atoms with van der Waals surface area (Å²) in [5, 5.41) is 6.53. The van der Waals surface area contributed by atoms with Crippen molar-refractivity contribution in [2.75, 3.05) is 30.4 Å². The minimum absolute atomic E-state index is 0.00928. The van der Waals surface area contributed by atoms with Gasteiger partial charge in [-0.25, -0.2) is 28.1 Å². The van der Waals surface area contributed by atoms with Crippen molar-refractivity contribution in [2.45, 2.75) is 58.7 Å². The molecule has 2 aromatic heterocycles. The zero-order valence-electron chi connectivity index (χ0n) is 21.7. The lowest BCUT2D eigenvalue weighted by molar-refractivity contribution is -0.110. The average molecular weight is 519 g/mol. The Bertz CT molecular complexity index is 1220. The van der Waals surface area contributed by atoms with Crippen LogP contribution in [0.3, 0.4) is 0 Å². The molecule has 2 N–H and O–H groups in total. The summed E-state index contributed by atoms with van der Waals surface area (Å²) in [6.07, 6.45) is 0.271. The van der Waals surface area contributed by atoms with Gasteiger partial charge in [0.25, 0.3) is 6.43 Å². The standard InChI is InChI=1S/C21H21F3N6O.C5H12O/c1-12-28-17-9-25-18(30-6-5-14(10-30)27-11-31)7-16(17)21(29-12)26-8-13-3-2-4-15(19(13)22)20(23)24;1-5(2,3)6-4/h2-4,7,9,11,14,20H,5-6,8,10H2,1H3,(H,27,31)(H,26,28,29);1-4H3/t14-;/m1./s1. The molecule has 1 saturated heterocycles. The first-order valence-corrected chi connectivity index (χ1v) is 12.0. The largest absolute Gasteiger partial charge is 0.379 e. The second kappa shape index (κ2) is 12.2. The van der Waals surface area contributed by atoms with E-state index in [9.17, 15) is 18.0 Å². The minimum Gasteiger partial charge on any atom is -0.379 e. The van der Waals surface area contributed by atoms with Crippen LogP contribution < -0.4 is 15.5 Å². The van der Waals surface area contributed by atoms with Crippen LogP contribution >= 0.6 is 0 Å². The summed E-state index contributed by atoms with van der Waals surface area (Å²) < 4.78 is 45.3. The average Bonchev–Trinajstić information content (AvgIpc) is 3.31. The molecule has 0 spiro atoms. The zero-order valence-corrected chi connectivity index (χ0v) is 21.7. The Hall–Kier alpha value is -3.47. The van der Waals surface area contributed by atoms with Crippen molar-refractivity contribution < 1.29 is 22.7 Å². The Kier molecular flexibility index (Phi) is 9.25. The van der Waals surface area contributed by atoms with Gasteiger partial charge in [-0.2, -0.15) is 0 Å². The van der Waals surface area contributed by atoms with Gasteiger partial charge in [0.2, 0.25) is 6.41 Å².